The van der Waals surface area contributed by atoms with Crippen LogP contribution in [-0.4, -0.2) is 45.5 Å². The number of aromatic nitrogens is 3. The average molecular weight is 390 g/mol. The van der Waals surface area contributed by atoms with Gasteiger partial charge in [-0.2, -0.15) is 0 Å². The fourth-order valence-electron chi connectivity index (χ4n) is 3.09. The molecule has 1 aliphatic heterocycles. The van der Waals surface area contributed by atoms with Crippen molar-refractivity contribution in [2.45, 2.75) is 13.3 Å². The van der Waals surface area contributed by atoms with Gasteiger partial charge in [-0.15, -0.1) is 11.3 Å². The third-order valence-electron chi connectivity index (χ3n) is 4.41. The summed E-state index contributed by atoms with van der Waals surface area (Å²) in [5.41, 5.74) is -1.01. The summed E-state index contributed by atoms with van der Waals surface area (Å²) in [5, 5.41) is 11.5. The third kappa shape index (κ3) is 2.86. The molecule has 0 amide bonds. The highest BCUT2D eigenvalue weighted by Crippen LogP contribution is 2.28. The number of rotatable bonds is 3. The summed E-state index contributed by atoms with van der Waals surface area (Å²) in [7, 11) is 0. The summed E-state index contributed by atoms with van der Waals surface area (Å²) in [6.45, 7) is 2.82. The molecule has 4 heterocycles. The van der Waals surface area contributed by atoms with E-state index in [1.54, 1.807) is 16.5 Å². The van der Waals surface area contributed by atoms with Crippen LogP contribution in [0.2, 0.25) is 0 Å². The van der Waals surface area contributed by atoms with Crippen LogP contribution in [0.25, 0.3) is 16.2 Å². The van der Waals surface area contributed by atoms with Crippen molar-refractivity contribution in [2.75, 3.05) is 24.8 Å². The van der Waals surface area contributed by atoms with Crippen LogP contribution in [0.4, 0.5) is 10.2 Å². The Labute approximate surface area is 156 Å². The molecule has 1 fully saturated rings. The number of hydrogen-bond acceptors (Lipinski definition) is 7. The quantitative estimate of drug-likeness (QED) is 0.732. The second-order valence-electron chi connectivity index (χ2n) is 6.09. The van der Waals surface area contributed by atoms with E-state index < -0.39 is 22.8 Å². The van der Waals surface area contributed by atoms with Crippen LogP contribution in [0.1, 0.15) is 22.3 Å². The monoisotopic (exact) mass is 390 g/mol. The van der Waals surface area contributed by atoms with Gasteiger partial charge in [0.15, 0.2) is 22.4 Å². The standard InChI is InChI=1S/C17H15FN4O4S/c1-9-11-13(23)10(16(24)25)7-22(17-19-3-6-27-17)14(11)20-15(12(9)18)21-4-2-5-26-8-21/h3,6-7H,2,4-5,8H2,1H3,(H,24,25). The van der Waals surface area contributed by atoms with Gasteiger partial charge in [-0.25, -0.2) is 19.2 Å². The molecule has 0 unspecified atom stereocenters. The number of fused-ring (bicyclic) bond motifs is 1. The predicted molar refractivity (Wildman–Crippen MR) is 97.4 cm³/mol. The molecule has 1 aliphatic rings. The number of carbonyl (C=O) groups is 1. The first kappa shape index (κ1) is 17.6. The molecule has 140 valence electrons. The number of anilines is 1. The predicted octanol–water partition coefficient (Wildman–Crippen LogP) is 2.17. The Morgan fingerprint density at radius 2 is 2.26 bits per heavy atom. The summed E-state index contributed by atoms with van der Waals surface area (Å²) in [6.07, 6.45) is 3.47. The third-order valence-corrected chi connectivity index (χ3v) is 5.18. The van der Waals surface area contributed by atoms with Crippen LogP contribution in [-0.2, 0) is 4.74 Å². The van der Waals surface area contributed by atoms with Gasteiger partial charge in [-0.1, -0.05) is 0 Å². The van der Waals surface area contributed by atoms with E-state index in [-0.39, 0.29) is 29.1 Å². The number of hydrogen-bond donors (Lipinski definition) is 1. The highest BCUT2D eigenvalue weighted by atomic mass is 32.1. The molecule has 0 spiro atoms. The van der Waals surface area contributed by atoms with Gasteiger partial charge < -0.3 is 14.7 Å². The first-order chi connectivity index (χ1) is 13.0. The zero-order valence-corrected chi connectivity index (χ0v) is 15.1. The molecule has 1 saturated heterocycles. The van der Waals surface area contributed by atoms with Gasteiger partial charge in [-0.05, 0) is 13.3 Å². The maximum atomic E-state index is 15.0. The highest BCUT2D eigenvalue weighted by Gasteiger charge is 2.25. The van der Waals surface area contributed by atoms with Crippen molar-refractivity contribution >= 4 is 34.2 Å². The van der Waals surface area contributed by atoms with E-state index in [1.165, 1.54) is 29.0 Å². The lowest BCUT2D eigenvalue weighted by Gasteiger charge is -2.28. The van der Waals surface area contributed by atoms with Crippen molar-refractivity contribution in [3.63, 3.8) is 0 Å². The Balaban J connectivity index is 2.08. The van der Waals surface area contributed by atoms with Crippen molar-refractivity contribution in [3.05, 3.63) is 44.9 Å². The van der Waals surface area contributed by atoms with Crippen molar-refractivity contribution in [2.24, 2.45) is 0 Å². The minimum Gasteiger partial charge on any atom is -0.477 e. The fraction of sp³-hybridized carbons (Fsp3) is 0.294. The molecule has 0 aliphatic carbocycles. The topological polar surface area (TPSA) is 97.5 Å². The molecular formula is C17H15FN4O4S. The zero-order valence-electron chi connectivity index (χ0n) is 14.3. The van der Waals surface area contributed by atoms with Crippen molar-refractivity contribution in [1.82, 2.24) is 14.5 Å². The van der Waals surface area contributed by atoms with E-state index in [1.807, 2.05) is 0 Å². The van der Waals surface area contributed by atoms with E-state index in [2.05, 4.69) is 9.97 Å². The number of halogens is 1. The normalized spacial score (nSPS) is 14.7. The molecule has 27 heavy (non-hydrogen) atoms. The molecule has 0 radical (unpaired) electrons. The lowest BCUT2D eigenvalue weighted by atomic mass is 10.1. The lowest BCUT2D eigenvalue weighted by molar-refractivity contribution is 0.0695. The molecule has 0 saturated carbocycles. The molecule has 10 heteroatoms. The number of nitrogens with zero attached hydrogens (tertiary/aromatic N) is 4. The molecule has 3 aromatic rings. The molecule has 8 nitrogen and oxygen atoms in total. The SMILES string of the molecule is Cc1c(F)c(N2CCCOC2)nc2c1c(=O)c(C(=O)O)cn2-c1nccs1. The maximum Gasteiger partial charge on any atom is 0.341 e. The van der Waals surface area contributed by atoms with Gasteiger partial charge >= 0.3 is 5.97 Å². The van der Waals surface area contributed by atoms with Crippen LogP contribution in [0.3, 0.4) is 0 Å². The van der Waals surface area contributed by atoms with Gasteiger partial charge in [0.2, 0.25) is 5.43 Å². The second-order valence-corrected chi connectivity index (χ2v) is 6.96. The molecule has 3 aromatic heterocycles. The minimum atomic E-state index is -1.39. The number of carboxylic acid groups (broad SMARTS) is 1. The van der Waals surface area contributed by atoms with Crippen molar-refractivity contribution in [3.8, 4) is 5.13 Å². The fourth-order valence-corrected chi connectivity index (χ4v) is 3.70. The van der Waals surface area contributed by atoms with Crippen LogP contribution < -0.4 is 10.3 Å². The minimum absolute atomic E-state index is 0.0546. The van der Waals surface area contributed by atoms with Crippen molar-refractivity contribution < 1.29 is 19.0 Å². The lowest BCUT2D eigenvalue weighted by Crippen LogP contribution is -2.35. The first-order valence-electron chi connectivity index (χ1n) is 8.20. The van der Waals surface area contributed by atoms with E-state index in [4.69, 9.17) is 4.74 Å². The summed E-state index contributed by atoms with van der Waals surface area (Å²) in [5.74, 6) is -1.97. The average Bonchev–Trinajstić information content (AvgIpc) is 3.19. The van der Waals surface area contributed by atoms with Crippen molar-refractivity contribution in [1.29, 1.82) is 0 Å². The molecule has 0 bridgehead atoms. The van der Waals surface area contributed by atoms with E-state index >= 15 is 4.39 Å². The van der Waals surface area contributed by atoms with E-state index in [0.29, 0.717) is 18.3 Å². The Kier molecular flexibility index (Phi) is 4.36. The number of thiazole rings is 1. The number of aryl methyl sites for hydroxylation is 1. The number of pyridine rings is 2. The van der Waals surface area contributed by atoms with Crippen LogP contribution in [0.15, 0.2) is 22.6 Å². The number of carboxylic acids is 1. The van der Waals surface area contributed by atoms with Gasteiger partial charge in [-0.3, -0.25) is 9.36 Å². The maximum absolute atomic E-state index is 15.0. The van der Waals surface area contributed by atoms with E-state index in [9.17, 15) is 14.7 Å². The highest BCUT2D eigenvalue weighted by molar-refractivity contribution is 7.12. The second kappa shape index (κ2) is 6.71. The van der Waals surface area contributed by atoms with Crippen LogP contribution in [0.5, 0.6) is 0 Å². The Bertz CT molecular complexity index is 1090. The summed E-state index contributed by atoms with van der Waals surface area (Å²) in [6, 6.07) is 0. The molecular weight excluding hydrogens is 375 g/mol. The van der Waals surface area contributed by atoms with Gasteiger partial charge in [0.1, 0.15) is 12.3 Å². The molecule has 0 atom stereocenters. The van der Waals surface area contributed by atoms with Crippen LogP contribution in [0, 0.1) is 12.7 Å². The first-order valence-corrected chi connectivity index (χ1v) is 9.08. The molecule has 1 N–H and O–H groups in total. The van der Waals surface area contributed by atoms with Gasteiger partial charge in [0, 0.05) is 29.9 Å². The number of aromatic carboxylic acids is 1. The summed E-state index contributed by atoms with van der Waals surface area (Å²) in [4.78, 5) is 34.4. The Hall–Kier alpha value is -2.85. The number of ether oxygens (including phenoxy) is 1. The summed E-state index contributed by atoms with van der Waals surface area (Å²) < 4.78 is 21.8. The largest absolute Gasteiger partial charge is 0.477 e. The van der Waals surface area contributed by atoms with Gasteiger partial charge in [0.25, 0.3) is 0 Å². The van der Waals surface area contributed by atoms with Crippen LogP contribution >= 0.6 is 11.3 Å². The Morgan fingerprint density at radius 3 is 2.89 bits per heavy atom. The van der Waals surface area contributed by atoms with E-state index in [0.717, 1.165) is 6.42 Å². The smallest absolute Gasteiger partial charge is 0.341 e. The Morgan fingerprint density at radius 1 is 1.44 bits per heavy atom. The molecule has 0 aromatic carbocycles. The van der Waals surface area contributed by atoms with Gasteiger partial charge in [0.05, 0.1) is 12.0 Å². The zero-order chi connectivity index (χ0) is 19.1. The molecule has 4 rings (SSSR count). The summed E-state index contributed by atoms with van der Waals surface area (Å²) >= 11 is 1.25.